The van der Waals surface area contributed by atoms with Gasteiger partial charge in [-0.15, -0.1) is 0 Å². The van der Waals surface area contributed by atoms with E-state index in [4.69, 9.17) is 4.74 Å². The zero-order valence-corrected chi connectivity index (χ0v) is 13.3. The van der Waals surface area contributed by atoms with Gasteiger partial charge < -0.3 is 4.74 Å². The third kappa shape index (κ3) is 4.42. The van der Waals surface area contributed by atoms with Gasteiger partial charge in [0.2, 0.25) is 0 Å². The molecule has 4 heteroatoms. The number of hydrogen-bond acceptors (Lipinski definition) is 3. The van der Waals surface area contributed by atoms with Crippen LogP contribution in [0.15, 0.2) is 36.7 Å². The van der Waals surface area contributed by atoms with Crippen LogP contribution in [0.3, 0.4) is 0 Å². The Morgan fingerprint density at radius 1 is 1.36 bits per heavy atom. The zero-order chi connectivity index (χ0) is 15.2. The summed E-state index contributed by atoms with van der Waals surface area (Å²) >= 11 is 0. The molecule has 1 aliphatic rings. The van der Waals surface area contributed by atoms with Gasteiger partial charge in [-0.1, -0.05) is 29.8 Å². The Morgan fingerprint density at radius 3 is 3.05 bits per heavy atom. The second-order valence-electron chi connectivity index (χ2n) is 6.22. The van der Waals surface area contributed by atoms with Crippen molar-refractivity contribution < 1.29 is 4.74 Å². The zero-order valence-electron chi connectivity index (χ0n) is 13.3. The Balaban J connectivity index is 1.61. The second-order valence-corrected chi connectivity index (χ2v) is 6.22. The first-order valence-corrected chi connectivity index (χ1v) is 8.17. The minimum Gasteiger partial charge on any atom is -0.377 e. The molecule has 0 spiro atoms. The Morgan fingerprint density at radius 2 is 2.32 bits per heavy atom. The standard InChI is InChI=1S/C18H25N3O/c1-15-4-2-5-16(10-15)13-21(14-18-6-3-9-22-18)8-7-17-11-19-20-12-17/h2,4-5,10-12,18H,3,6-9,13-14H2,1H3,(H,19,20)/t18-/m1/s1. The number of H-pyrrole nitrogens is 1. The van der Waals surface area contributed by atoms with Gasteiger partial charge in [0.25, 0.3) is 0 Å². The van der Waals surface area contributed by atoms with Crippen LogP contribution in [-0.2, 0) is 17.7 Å². The van der Waals surface area contributed by atoms with Crippen molar-refractivity contribution in [3.63, 3.8) is 0 Å². The minimum absolute atomic E-state index is 0.397. The summed E-state index contributed by atoms with van der Waals surface area (Å²) in [5.74, 6) is 0. The molecule has 22 heavy (non-hydrogen) atoms. The maximum Gasteiger partial charge on any atom is 0.0702 e. The number of aromatic nitrogens is 2. The van der Waals surface area contributed by atoms with Gasteiger partial charge in [0.15, 0.2) is 0 Å². The normalized spacial score (nSPS) is 18.2. The van der Waals surface area contributed by atoms with Crippen LogP contribution in [0.25, 0.3) is 0 Å². The molecule has 1 atom stereocenters. The lowest BCUT2D eigenvalue weighted by molar-refractivity contribution is 0.0709. The van der Waals surface area contributed by atoms with E-state index in [9.17, 15) is 0 Å². The molecule has 1 aromatic heterocycles. The van der Waals surface area contributed by atoms with Gasteiger partial charge >= 0.3 is 0 Å². The van der Waals surface area contributed by atoms with Gasteiger partial charge in [0.1, 0.15) is 0 Å². The fourth-order valence-electron chi connectivity index (χ4n) is 3.08. The molecule has 0 amide bonds. The first-order chi connectivity index (χ1) is 10.8. The summed E-state index contributed by atoms with van der Waals surface area (Å²) in [4.78, 5) is 2.51. The van der Waals surface area contributed by atoms with E-state index in [1.54, 1.807) is 0 Å². The van der Waals surface area contributed by atoms with E-state index in [-0.39, 0.29) is 0 Å². The lowest BCUT2D eigenvalue weighted by Gasteiger charge is -2.25. The van der Waals surface area contributed by atoms with Gasteiger partial charge in [-0.05, 0) is 37.3 Å². The van der Waals surface area contributed by atoms with Crippen molar-refractivity contribution in [2.24, 2.45) is 0 Å². The van der Waals surface area contributed by atoms with E-state index in [1.807, 2.05) is 12.4 Å². The number of aryl methyl sites for hydroxylation is 1. The van der Waals surface area contributed by atoms with Crippen LogP contribution < -0.4 is 0 Å². The highest BCUT2D eigenvalue weighted by Gasteiger charge is 2.19. The number of benzene rings is 1. The first-order valence-electron chi connectivity index (χ1n) is 8.17. The van der Waals surface area contributed by atoms with Gasteiger partial charge in [-0.25, -0.2) is 0 Å². The van der Waals surface area contributed by atoms with Gasteiger partial charge in [-0.2, -0.15) is 5.10 Å². The van der Waals surface area contributed by atoms with Crippen LogP contribution in [0.1, 0.15) is 29.5 Å². The van der Waals surface area contributed by atoms with E-state index in [1.165, 1.54) is 29.5 Å². The number of aromatic amines is 1. The molecule has 2 heterocycles. The van der Waals surface area contributed by atoms with E-state index in [0.29, 0.717) is 6.10 Å². The molecule has 0 saturated carbocycles. The first kappa shape index (κ1) is 15.3. The number of hydrogen-bond donors (Lipinski definition) is 1. The van der Waals surface area contributed by atoms with Crippen LogP contribution in [0.4, 0.5) is 0 Å². The Kier molecular flexibility index (Phi) is 5.24. The van der Waals surface area contributed by atoms with Crippen molar-refractivity contribution >= 4 is 0 Å². The van der Waals surface area contributed by atoms with Crippen molar-refractivity contribution in [2.45, 2.75) is 38.8 Å². The third-order valence-corrected chi connectivity index (χ3v) is 4.25. The Bertz CT molecular complexity index is 561. The van der Waals surface area contributed by atoms with Crippen molar-refractivity contribution in [3.05, 3.63) is 53.3 Å². The van der Waals surface area contributed by atoms with Crippen molar-refractivity contribution in [1.29, 1.82) is 0 Å². The fraction of sp³-hybridized carbons (Fsp3) is 0.500. The number of nitrogens with one attached hydrogen (secondary N) is 1. The van der Waals surface area contributed by atoms with E-state index in [2.05, 4.69) is 46.3 Å². The van der Waals surface area contributed by atoms with Crippen LogP contribution in [0, 0.1) is 6.92 Å². The predicted molar refractivity (Wildman–Crippen MR) is 87.7 cm³/mol. The van der Waals surface area contributed by atoms with Crippen molar-refractivity contribution in [3.8, 4) is 0 Å². The van der Waals surface area contributed by atoms with Crippen molar-refractivity contribution in [2.75, 3.05) is 19.7 Å². The molecule has 1 fully saturated rings. The van der Waals surface area contributed by atoms with Gasteiger partial charge in [0.05, 0.1) is 12.3 Å². The minimum atomic E-state index is 0.397. The highest BCUT2D eigenvalue weighted by atomic mass is 16.5. The molecule has 1 aromatic carbocycles. The Labute approximate surface area is 132 Å². The largest absolute Gasteiger partial charge is 0.377 e. The number of rotatable bonds is 7. The molecule has 2 aromatic rings. The highest BCUT2D eigenvalue weighted by Crippen LogP contribution is 2.16. The highest BCUT2D eigenvalue weighted by molar-refractivity contribution is 5.22. The lowest BCUT2D eigenvalue weighted by atomic mass is 10.1. The fourth-order valence-corrected chi connectivity index (χ4v) is 3.08. The summed E-state index contributed by atoms with van der Waals surface area (Å²) in [6.45, 7) is 6.11. The molecule has 118 valence electrons. The third-order valence-electron chi connectivity index (χ3n) is 4.25. The lowest BCUT2D eigenvalue weighted by Crippen LogP contribution is -2.33. The monoisotopic (exact) mass is 299 g/mol. The summed E-state index contributed by atoms with van der Waals surface area (Å²) < 4.78 is 5.82. The molecule has 1 aliphatic heterocycles. The van der Waals surface area contributed by atoms with Crippen LogP contribution in [-0.4, -0.2) is 40.9 Å². The molecule has 3 rings (SSSR count). The second kappa shape index (κ2) is 7.56. The summed E-state index contributed by atoms with van der Waals surface area (Å²) in [6.07, 6.45) is 7.71. The molecule has 0 aliphatic carbocycles. The number of nitrogens with zero attached hydrogens (tertiary/aromatic N) is 2. The van der Waals surface area contributed by atoms with Crippen LogP contribution in [0.2, 0.25) is 0 Å². The quantitative estimate of drug-likeness (QED) is 0.854. The molecule has 1 N–H and O–H groups in total. The molecular formula is C18H25N3O. The summed E-state index contributed by atoms with van der Waals surface area (Å²) in [5.41, 5.74) is 3.97. The topological polar surface area (TPSA) is 41.2 Å². The number of ether oxygens (including phenoxy) is 1. The average Bonchev–Trinajstić information content (AvgIpc) is 3.18. The molecule has 0 bridgehead atoms. The maximum absolute atomic E-state index is 5.82. The van der Waals surface area contributed by atoms with E-state index >= 15 is 0 Å². The van der Waals surface area contributed by atoms with Crippen LogP contribution >= 0.6 is 0 Å². The predicted octanol–water partition coefficient (Wildman–Crippen LogP) is 2.94. The Hall–Kier alpha value is -1.65. The van der Waals surface area contributed by atoms with Crippen molar-refractivity contribution in [1.82, 2.24) is 15.1 Å². The molecule has 0 radical (unpaired) electrons. The summed E-state index contributed by atoms with van der Waals surface area (Å²) in [6, 6.07) is 8.79. The maximum atomic E-state index is 5.82. The molecule has 4 nitrogen and oxygen atoms in total. The summed E-state index contributed by atoms with van der Waals surface area (Å²) in [5, 5.41) is 6.92. The van der Waals surface area contributed by atoms with E-state index < -0.39 is 0 Å². The molecular weight excluding hydrogens is 274 g/mol. The van der Waals surface area contributed by atoms with Gasteiger partial charge in [-0.3, -0.25) is 10.00 Å². The van der Waals surface area contributed by atoms with E-state index in [0.717, 1.165) is 32.7 Å². The average molecular weight is 299 g/mol. The molecule has 0 unspecified atom stereocenters. The smallest absolute Gasteiger partial charge is 0.0702 e. The van der Waals surface area contributed by atoms with Crippen LogP contribution in [0.5, 0.6) is 0 Å². The molecule has 1 saturated heterocycles. The summed E-state index contributed by atoms with van der Waals surface area (Å²) in [7, 11) is 0. The van der Waals surface area contributed by atoms with Gasteiger partial charge in [0, 0.05) is 32.4 Å². The SMILES string of the molecule is Cc1cccc(CN(CCc2cn[nH]c2)C[C@H]2CCCO2)c1.